The van der Waals surface area contributed by atoms with E-state index in [0.717, 1.165) is 19.5 Å². The number of rotatable bonds is 0. The molecule has 1 aliphatic heterocycles. The quantitative estimate of drug-likeness (QED) is 0.538. The molecule has 1 aliphatic rings. The fraction of sp³-hybridized carbons (Fsp3) is 0.800. The molecule has 0 aromatic carbocycles. The van der Waals surface area contributed by atoms with Crippen molar-refractivity contribution in [3.63, 3.8) is 0 Å². The summed E-state index contributed by atoms with van der Waals surface area (Å²) in [5.74, 6) is 0. The molecule has 2 atom stereocenters. The van der Waals surface area contributed by atoms with E-state index in [2.05, 4.69) is 0 Å². The molecule has 1 heterocycles. The van der Waals surface area contributed by atoms with E-state index in [-0.39, 0.29) is 0 Å². The van der Waals surface area contributed by atoms with Crippen LogP contribution in [0.5, 0.6) is 0 Å². The topological polar surface area (TPSA) is 40.5 Å². The third kappa shape index (κ3) is 1.62. The van der Waals surface area contributed by atoms with E-state index in [9.17, 15) is 4.79 Å². The van der Waals surface area contributed by atoms with Gasteiger partial charge in [0.2, 0.25) is 0 Å². The van der Waals surface area contributed by atoms with E-state index in [4.69, 9.17) is 5.11 Å². The van der Waals surface area contributed by atoms with E-state index in [1.807, 2.05) is 0 Å². The molecule has 9 heavy (non-hydrogen) atoms. The Morgan fingerprint density at radius 1 is 1.78 bits per heavy atom. The molecule has 1 amide bonds. The summed E-state index contributed by atoms with van der Waals surface area (Å²) in [6.45, 7) is 1.48. The summed E-state index contributed by atoms with van der Waals surface area (Å²) in [4.78, 5) is 11.8. The van der Waals surface area contributed by atoms with Crippen molar-refractivity contribution in [1.29, 1.82) is 0 Å². The van der Waals surface area contributed by atoms with Gasteiger partial charge in [-0.05, 0) is 0 Å². The number of carboxylic acid groups (broad SMARTS) is 1. The summed E-state index contributed by atoms with van der Waals surface area (Å²) in [5, 5.41) is 8.46. The molecule has 0 radical (unpaired) electrons. The first kappa shape index (κ1) is 6.94. The van der Waals surface area contributed by atoms with E-state index in [1.165, 1.54) is 4.90 Å². The monoisotopic (exact) mass is 191 g/mol. The van der Waals surface area contributed by atoms with Crippen LogP contribution in [-0.4, -0.2) is 46.0 Å². The van der Waals surface area contributed by atoms with Crippen molar-refractivity contribution in [2.24, 2.45) is 0 Å². The standard InChI is InChI=1S/C5H10AsNO2/c6-4-1-2-7(3-4)5(8)9/h4H,1-3,6H2,(H,8,9)/t4-/m1/s1. The summed E-state index contributed by atoms with van der Waals surface area (Å²) < 4.78 is 0.619. The number of hydrogen-bond acceptors (Lipinski definition) is 1. The van der Waals surface area contributed by atoms with Gasteiger partial charge in [0.1, 0.15) is 0 Å². The Morgan fingerprint density at radius 3 is 2.67 bits per heavy atom. The van der Waals surface area contributed by atoms with Crippen LogP contribution in [0.15, 0.2) is 0 Å². The van der Waals surface area contributed by atoms with Gasteiger partial charge in [0, 0.05) is 0 Å². The molecule has 0 aromatic heterocycles. The number of hydrogen-bond donors (Lipinski definition) is 1. The molecule has 1 unspecified atom stereocenters. The zero-order chi connectivity index (χ0) is 6.85. The molecular weight excluding hydrogens is 181 g/mol. The summed E-state index contributed by atoms with van der Waals surface area (Å²) in [6.07, 6.45) is 0.280. The van der Waals surface area contributed by atoms with Gasteiger partial charge in [0.05, 0.1) is 0 Å². The number of carbonyl (C=O) groups is 1. The Balaban J connectivity index is 2.39. The SMILES string of the molecule is O=C(O)N1CC[C@@H]([AsH2])C1. The molecule has 0 spiro atoms. The third-order valence-corrected chi connectivity index (χ3v) is 2.64. The van der Waals surface area contributed by atoms with E-state index in [0.29, 0.717) is 4.71 Å². The average molecular weight is 191 g/mol. The molecule has 4 heteroatoms. The number of amides is 1. The van der Waals surface area contributed by atoms with Gasteiger partial charge in [-0.25, -0.2) is 0 Å². The number of likely N-dealkylation sites (tertiary alicyclic amines) is 1. The summed E-state index contributed by atoms with van der Waals surface area (Å²) in [6, 6.07) is 0. The molecule has 1 rings (SSSR count). The predicted octanol–water partition coefficient (Wildman–Crippen LogP) is -0.208. The normalized spacial score (nSPS) is 26.8. The van der Waals surface area contributed by atoms with Crippen molar-refractivity contribution in [2.75, 3.05) is 13.1 Å². The zero-order valence-electron chi connectivity index (χ0n) is 5.08. The Labute approximate surface area is 62.5 Å². The van der Waals surface area contributed by atoms with Crippen LogP contribution in [-0.2, 0) is 0 Å². The first-order valence-electron chi connectivity index (χ1n) is 2.93. The van der Waals surface area contributed by atoms with Crippen LogP contribution in [0.4, 0.5) is 4.79 Å². The minimum atomic E-state index is -0.768. The molecule has 0 aliphatic carbocycles. The molecule has 0 saturated carbocycles. The van der Waals surface area contributed by atoms with Crippen molar-refractivity contribution in [2.45, 2.75) is 11.1 Å². The maximum absolute atomic E-state index is 10.3. The van der Waals surface area contributed by atoms with Crippen molar-refractivity contribution in [3.05, 3.63) is 0 Å². The van der Waals surface area contributed by atoms with Crippen LogP contribution in [0.2, 0.25) is 4.71 Å². The first-order valence-corrected chi connectivity index (χ1v) is 4.33. The minimum absolute atomic E-state index is 0.619. The molecule has 0 aromatic rings. The van der Waals surface area contributed by atoms with Crippen LogP contribution >= 0.6 is 0 Å². The van der Waals surface area contributed by atoms with Gasteiger partial charge < -0.3 is 0 Å². The first-order chi connectivity index (χ1) is 4.20. The van der Waals surface area contributed by atoms with Gasteiger partial charge in [0.15, 0.2) is 0 Å². The molecule has 3 nitrogen and oxygen atoms in total. The second-order valence-corrected chi connectivity index (χ2v) is 4.26. The van der Waals surface area contributed by atoms with Gasteiger partial charge in [-0.3, -0.25) is 0 Å². The molecule has 1 saturated heterocycles. The predicted molar refractivity (Wildman–Crippen MR) is 36.5 cm³/mol. The van der Waals surface area contributed by atoms with Crippen molar-refractivity contribution in [3.8, 4) is 0 Å². The molecular formula is C5H10AsNO2. The van der Waals surface area contributed by atoms with Gasteiger partial charge in [-0.2, -0.15) is 0 Å². The fourth-order valence-electron chi connectivity index (χ4n) is 0.961. The Bertz CT molecular complexity index is 128. The third-order valence-electron chi connectivity index (χ3n) is 1.50. The van der Waals surface area contributed by atoms with Gasteiger partial charge in [0.25, 0.3) is 0 Å². The van der Waals surface area contributed by atoms with E-state index >= 15 is 0 Å². The summed E-state index contributed by atoms with van der Waals surface area (Å²) in [5.41, 5.74) is 0. The van der Waals surface area contributed by atoms with Gasteiger partial charge in [-0.15, -0.1) is 0 Å². The summed E-state index contributed by atoms with van der Waals surface area (Å²) >= 11 is 1.65. The van der Waals surface area contributed by atoms with Crippen molar-refractivity contribution in [1.82, 2.24) is 4.90 Å². The molecule has 1 fully saturated rings. The second kappa shape index (κ2) is 2.61. The van der Waals surface area contributed by atoms with Crippen LogP contribution in [0.1, 0.15) is 6.42 Å². The van der Waals surface area contributed by atoms with Crippen molar-refractivity contribution < 1.29 is 9.90 Å². The van der Waals surface area contributed by atoms with Crippen LogP contribution in [0.25, 0.3) is 0 Å². The average Bonchev–Trinajstić information content (AvgIpc) is 2.14. The number of nitrogens with zero attached hydrogens (tertiary/aromatic N) is 1. The van der Waals surface area contributed by atoms with Gasteiger partial charge in [-0.1, -0.05) is 0 Å². The van der Waals surface area contributed by atoms with E-state index in [1.54, 1.807) is 16.9 Å². The Kier molecular flexibility index (Phi) is 2.01. The van der Waals surface area contributed by atoms with Crippen molar-refractivity contribution >= 4 is 22.9 Å². The Morgan fingerprint density at radius 2 is 2.44 bits per heavy atom. The van der Waals surface area contributed by atoms with Crippen LogP contribution in [0.3, 0.4) is 0 Å². The molecule has 1 N–H and O–H groups in total. The van der Waals surface area contributed by atoms with E-state index < -0.39 is 6.09 Å². The molecule has 52 valence electrons. The Hall–Kier alpha value is -0.172. The van der Waals surface area contributed by atoms with Crippen LogP contribution in [0, 0.1) is 0 Å². The second-order valence-electron chi connectivity index (χ2n) is 2.28. The fourth-order valence-corrected chi connectivity index (χ4v) is 1.81. The zero-order valence-corrected chi connectivity index (χ0v) is 7.50. The molecule has 0 bridgehead atoms. The summed E-state index contributed by atoms with van der Waals surface area (Å²) in [7, 11) is 0. The maximum atomic E-state index is 10.3. The van der Waals surface area contributed by atoms with Gasteiger partial charge >= 0.3 is 62.0 Å². The van der Waals surface area contributed by atoms with Crippen LogP contribution < -0.4 is 0 Å².